The zero-order valence-electron chi connectivity index (χ0n) is 10.4. The van der Waals surface area contributed by atoms with Crippen molar-refractivity contribution < 1.29 is 5.11 Å². The van der Waals surface area contributed by atoms with Crippen LogP contribution in [0.4, 0.5) is 0 Å². The van der Waals surface area contributed by atoms with E-state index in [9.17, 15) is 5.11 Å². The molecule has 1 N–H and O–H groups in total. The number of rotatable bonds is 7. The van der Waals surface area contributed by atoms with E-state index < -0.39 is 0 Å². The minimum atomic E-state index is -0.0978. The Labute approximate surface area is 113 Å². The van der Waals surface area contributed by atoms with E-state index in [1.54, 1.807) is 0 Å². The van der Waals surface area contributed by atoms with Crippen LogP contribution in [-0.2, 0) is 0 Å². The van der Waals surface area contributed by atoms with Crippen molar-refractivity contribution in [1.29, 1.82) is 0 Å². The molecule has 1 atom stereocenters. The fourth-order valence-electron chi connectivity index (χ4n) is 3.30. The van der Waals surface area contributed by atoms with Crippen molar-refractivity contribution in [3.63, 3.8) is 0 Å². The first-order chi connectivity index (χ1) is 8.23. The molecule has 0 spiro atoms. The van der Waals surface area contributed by atoms with E-state index in [2.05, 4.69) is 11.8 Å². The van der Waals surface area contributed by atoms with Gasteiger partial charge in [-0.25, -0.2) is 0 Å². The first-order valence-electron chi connectivity index (χ1n) is 7.22. The second kappa shape index (κ2) is 3.83. The van der Waals surface area contributed by atoms with Crippen molar-refractivity contribution in [3.05, 3.63) is 0 Å². The summed E-state index contributed by atoms with van der Waals surface area (Å²) >= 11 is 4.02. The van der Waals surface area contributed by atoms with Gasteiger partial charge in [-0.3, -0.25) is 0 Å². The Morgan fingerprint density at radius 2 is 1.47 bits per heavy atom. The molecule has 4 rings (SSSR count). The molecule has 0 aliphatic heterocycles. The molecule has 0 aromatic carbocycles. The molecule has 1 unspecified atom stereocenters. The molecule has 0 bridgehead atoms. The van der Waals surface area contributed by atoms with Crippen LogP contribution in [0.15, 0.2) is 0 Å². The molecule has 17 heavy (non-hydrogen) atoms. The number of aliphatic hydroxyl groups excluding tert-OH is 1. The summed E-state index contributed by atoms with van der Waals surface area (Å²) in [6, 6.07) is 0. The van der Waals surface area contributed by atoms with Crippen molar-refractivity contribution in [1.82, 2.24) is 0 Å². The van der Waals surface area contributed by atoms with E-state index in [-0.39, 0.29) is 5.44 Å². The SMILES string of the molecule is OC(CSC1(C2CC2)CC1)SC1(C2CC2)CC1. The summed E-state index contributed by atoms with van der Waals surface area (Å²) < 4.78 is 1.17. The summed E-state index contributed by atoms with van der Waals surface area (Å²) in [6.07, 6.45) is 11.4. The van der Waals surface area contributed by atoms with Gasteiger partial charge in [-0.2, -0.15) is 11.8 Å². The topological polar surface area (TPSA) is 20.2 Å². The third-order valence-electron chi connectivity index (χ3n) is 5.01. The Hall–Kier alpha value is 0.660. The Kier molecular flexibility index (Phi) is 2.59. The minimum Gasteiger partial charge on any atom is -0.382 e. The van der Waals surface area contributed by atoms with Gasteiger partial charge in [-0.1, -0.05) is 0 Å². The summed E-state index contributed by atoms with van der Waals surface area (Å²) in [5, 5.41) is 10.2. The predicted molar refractivity (Wildman–Crippen MR) is 75.4 cm³/mol. The molecule has 1 nitrogen and oxygen atoms in total. The molecule has 0 aromatic rings. The van der Waals surface area contributed by atoms with E-state index in [1.165, 1.54) is 51.4 Å². The van der Waals surface area contributed by atoms with Gasteiger partial charge in [0.1, 0.15) is 5.44 Å². The van der Waals surface area contributed by atoms with Gasteiger partial charge in [0.15, 0.2) is 0 Å². The number of hydrogen-bond donors (Lipinski definition) is 1. The Balaban J connectivity index is 1.25. The molecule has 4 aliphatic rings. The van der Waals surface area contributed by atoms with Gasteiger partial charge in [0, 0.05) is 15.2 Å². The molecule has 4 aliphatic carbocycles. The van der Waals surface area contributed by atoms with Crippen molar-refractivity contribution in [3.8, 4) is 0 Å². The molecule has 4 saturated carbocycles. The van der Waals surface area contributed by atoms with Crippen LogP contribution in [0.25, 0.3) is 0 Å². The normalized spacial score (nSPS) is 34.4. The number of aliphatic hydroxyl groups is 1. The van der Waals surface area contributed by atoms with Gasteiger partial charge < -0.3 is 5.11 Å². The molecule has 96 valence electrons. The first-order valence-corrected chi connectivity index (χ1v) is 9.09. The highest BCUT2D eigenvalue weighted by Crippen LogP contribution is 2.65. The summed E-state index contributed by atoms with van der Waals surface area (Å²) in [7, 11) is 0. The summed E-state index contributed by atoms with van der Waals surface area (Å²) in [5.74, 6) is 2.96. The maximum absolute atomic E-state index is 10.2. The van der Waals surface area contributed by atoms with Gasteiger partial charge >= 0.3 is 0 Å². The quantitative estimate of drug-likeness (QED) is 0.713. The van der Waals surface area contributed by atoms with E-state index in [0.29, 0.717) is 9.49 Å². The summed E-state index contributed by atoms with van der Waals surface area (Å²) in [4.78, 5) is 0. The molecular weight excluding hydrogens is 248 g/mol. The van der Waals surface area contributed by atoms with Crippen LogP contribution >= 0.6 is 23.5 Å². The fraction of sp³-hybridized carbons (Fsp3) is 1.00. The predicted octanol–water partition coefficient (Wildman–Crippen LogP) is 3.66. The largest absolute Gasteiger partial charge is 0.382 e. The monoisotopic (exact) mass is 270 g/mol. The standard InChI is InChI=1S/C14H22OS2/c15-12(17-14(7-8-14)11-3-4-11)9-16-13(5-6-13)10-1-2-10/h10-12,15H,1-9H2. The lowest BCUT2D eigenvalue weighted by molar-refractivity contribution is 0.286. The van der Waals surface area contributed by atoms with E-state index >= 15 is 0 Å². The second-order valence-corrected chi connectivity index (χ2v) is 9.59. The zero-order chi connectivity index (χ0) is 11.5. The van der Waals surface area contributed by atoms with Crippen molar-refractivity contribution in [2.45, 2.75) is 66.3 Å². The van der Waals surface area contributed by atoms with Crippen molar-refractivity contribution >= 4 is 23.5 Å². The molecule has 0 radical (unpaired) electrons. The van der Waals surface area contributed by atoms with Crippen molar-refractivity contribution in [2.24, 2.45) is 11.8 Å². The lowest BCUT2D eigenvalue weighted by Crippen LogP contribution is -2.18. The smallest absolute Gasteiger partial charge is 0.109 e. The van der Waals surface area contributed by atoms with E-state index in [1.807, 2.05) is 11.8 Å². The highest BCUT2D eigenvalue weighted by atomic mass is 32.2. The third kappa shape index (κ3) is 2.28. The number of thioether (sulfide) groups is 2. The highest BCUT2D eigenvalue weighted by Gasteiger charge is 2.56. The van der Waals surface area contributed by atoms with Crippen LogP contribution in [0.3, 0.4) is 0 Å². The van der Waals surface area contributed by atoms with Crippen LogP contribution in [0.5, 0.6) is 0 Å². The molecule has 0 heterocycles. The lowest BCUT2D eigenvalue weighted by Gasteiger charge is -2.21. The van der Waals surface area contributed by atoms with Crippen LogP contribution in [-0.4, -0.2) is 25.8 Å². The van der Waals surface area contributed by atoms with Gasteiger partial charge in [0.05, 0.1) is 0 Å². The van der Waals surface area contributed by atoms with Crippen LogP contribution in [0, 0.1) is 11.8 Å². The summed E-state index contributed by atoms with van der Waals surface area (Å²) in [6.45, 7) is 0. The molecule has 0 aromatic heterocycles. The van der Waals surface area contributed by atoms with Crippen LogP contribution in [0.2, 0.25) is 0 Å². The maximum atomic E-state index is 10.2. The van der Waals surface area contributed by atoms with Gasteiger partial charge in [0.2, 0.25) is 0 Å². The van der Waals surface area contributed by atoms with Gasteiger partial charge in [-0.05, 0) is 63.2 Å². The van der Waals surface area contributed by atoms with E-state index in [0.717, 1.165) is 17.6 Å². The molecule has 0 saturated heterocycles. The molecule has 0 amide bonds. The van der Waals surface area contributed by atoms with Crippen LogP contribution in [0.1, 0.15) is 51.4 Å². The average molecular weight is 270 g/mol. The average Bonchev–Trinajstić information content (AvgIpc) is 3.18. The van der Waals surface area contributed by atoms with Crippen molar-refractivity contribution in [2.75, 3.05) is 5.75 Å². The first kappa shape index (κ1) is 11.5. The van der Waals surface area contributed by atoms with Gasteiger partial charge in [0.25, 0.3) is 0 Å². The van der Waals surface area contributed by atoms with Gasteiger partial charge in [-0.15, -0.1) is 11.8 Å². The molecule has 3 heteroatoms. The van der Waals surface area contributed by atoms with Crippen LogP contribution < -0.4 is 0 Å². The maximum Gasteiger partial charge on any atom is 0.109 e. The Bertz CT molecular complexity index is 314. The molecular formula is C14H22OS2. The zero-order valence-corrected chi connectivity index (χ0v) is 12.0. The third-order valence-corrected chi connectivity index (χ3v) is 8.67. The number of hydrogen-bond acceptors (Lipinski definition) is 3. The van der Waals surface area contributed by atoms with E-state index in [4.69, 9.17) is 0 Å². The Morgan fingerprint density at radius 3 is 1.94 bits per heavy atom. The fourth-order valence-corrected chi connectivity index (χ4v) is 6.42. The summed E-state index contributed by atoms with van der Waals surface area (Å²) in [5.41, 5.74) is -0.0978. The highest BCUT2D eigenvalue weighted by molar-refractivity contribution is 8.04. The minimum absolute atomic E-state index is 0.0978. The Morgan fingerprint density at radius 1 is 0.941 bits per heavy atom. The lowest BCUT2D eigenvalue weighted by atomic mass is 10.3. The second-order valence-electron chi connectivity index (χ2n) is 6.56. The molecule has 4 fully saturated rings.